The van der Waals surface area contributed by atoms with Gasteiger partial charge in [0.15, 0.2) is 25.2 Å². The van der Waals surface area contributed by atoms with Crippen molar-refractivity contribution >= 4 is 29.7 Å². The summed E-state index contributed by atoms with van der Waals surface area (Å²) in [5, 5.41) is 253. The highest BCUT2D eigenvalue weighted by Crippen LogP contribution is 2.41. The summed E-state index contributed by atoms with van der Waals surface area (Å²) in [6.07, 6.45) is -62.3. The van der Waals surface area contributed by atoms with Crippen molar-refractivity contribution in [3.05, 3.63) is 0 Å². The van der Waals surface area contributed by atoms with Gasteiger partial charge in [0.05, 0.1) is 63.9 Å². The molecule has 42 heteroatoms. The molecular formula is C48H79N3O39. The maximum absolute atomic E-state index is 13.5. The fourth-order valence-electron chi connectivity index (χ4n) is 11.1. The third-order valence-electron chi connectivity index (χ3n) is 15.8. The minimum absolute atomic E-state index is 0.912. The maximum Gasteiger partial charge on any atom is 0.364 e. The Kier molecular flexibility index (Phi) is 26.7. The summed E-state index contributed by atoms with van der Waals surface area (Å²) in [5.74, 6) is -15.1. The van der Waals surface area contributed by atoms with Crippen molar-refractivity contribution in [1.29, 1.82) is 0 Å². The van der Waals surface area contributed by atoms with Gasteiger partial charge in [0.25, 0.3) is 11.6 Å². The summed E-state index contributed by atoms with van der Waals surface area (Å²) in [7, 11) is 0. The average Bonchev–Trinajstić information content (AvgIpc) is 0.942. The van der Waals surface area contributed by atoms with Gasteiger partial charge >= 0.3 is 11.9 Å². The molecule has 6 saturated heterocycles. The number of hydrogen-bond acceptors (Lipinski definition) is 37. The fraction of sp³-hybridized carbons (Fsp3) is 0.896. The first-order chi connectivity index (χ1) is 42.4. The molecule has 0 unspecified atom stereocenters. The number of carboxylic acids is 2. The second-order valence-electron chi connectivity index (χ2n) is 21.9. The number of carbonyl (C=O) groups excluding carboxylic acids is 3. The molecule has 0 spiro atoms. The van der Waals surface area contributed by atoms with Gasteiger partial charge in [-0.3, -0.25) is 14.4 Å². The average molecular weight is 1320 g/mol. The van der Waals surface area contributed by atoms with Gasteiger partial charge in [0.2, 0.25) is 17.7 Å². The summed E-state index contributed by atoms with van der Waals surface area (Å²) in [4.78, 5) is 64.2. The van der Waals surface area contributed by atoms with E-state index in [-0.39, 0.29) is 0 Å². The molecule has 42 nitrogen and oxygen atoms in total. The van der Waals surface area contributed by atoms with Crippen LogP contribution in [-0.2, 0) is 76.1 Å². The molecule has 0 radical (unpaired) electrons. The van der Waals surface area contributed by atoms with Crippen molar-refractivity contribution in [3.8, 4) is 0 Å². The van der Waals surface area contributed by atoms with Crippen LogP contribution in [0.3, 0.4) is 0 Å². The molecule has 0 aromatic carbocycles. The first-order valence-corrected chi connectivity index (χ1v) is 27.7. The van der Waals surface area contributed by atoms with E-state index in [0.29, 0.717) is 0 Å². The van der Waals surface area contributed by atoms with Gasteiger partial charge in [0, 0.05) is 19.8 Å². The van der Waals surface area contributed by atoms with Crippen LogP contribution in [0.2, 0.25) is 0 Å². The van der Waals surface area contributed by atoms with Gasteiger partial charge in [-0.1, -0.05) is 0 Å². The molecule has 3 amide bonds. The Morgan fingerprint density at radius 1 is 0.478 bits per heavy atom. The molecule has 0 saturated carbocycles. The third kappa shape index (κ3) is 16.1. The van der Waals surface area contributed by atoms with Crippen molar-refractivity contribution < 1.29 is 194 Å². The quantitative estimate of drug-likeness (QED) is 0.0363. The molecule has 6 fully saturated rings. The molecule has 0 bridgehead atoms. The van der Waals surface area contributed by atoms with Gasteiger partial charge in [-0.05, 0) is 0 Å². The zero-order valence-corrected chi connectivity index (χ0v) is 47.2. The zero-order valence-electron chi connectivity index (χ0n) is 47.2. The lowest BCUT2D eigenvalue weighted by Crippen LogP contribution is -2.72. The first-order valence-electron chi connectivity index (χ1n) is 27.7. The molecule has 32 atom stereocenters. The molecule has 6 heterocycles. The number of aliphatic hydroxyl groups excluding tert-OH is 21. The van der Waals surface area contributed by atoms with Crippen LogP contribution in [0.4, 0.5) is 0 Å². The predicted octanol–water partition coefficient (Wildman–Crippen LogP) is -17.3. The Morgan fingerprint density at radius 2 is 0.911 bits per heavy atom. The van der Waals surface area contributed by atoms with Crippen molar-refractivity contribution in [2.45, 2.75) is 215 Å². The molecule has 6 aliphatic heterocycles. The molecule has 0 aliphatic carbocycles. The lowest BCUT2D eigenvalue weighted by Gasteiger charge is -2.52. The van der Waals surface area contributed by atoms with E-state index in [4.69, 9.17) is 52.1 Å². The van der Waals surface area contributed by atoms with Crippen LogP contribution in [0.5, 0.6) is 0 Å². The Balaban J connectivity index is 1.29. The molecule has 0 aromatic rings. The summed E-state index contributed by atoms with van der Waals surface area (Å²) < 4.78 is 62.0. The van der Waals surface area contributed by atoms with E-state index < -0.39 is 291 Å². The normalized spacial score (nSPS) is 43.9. The second kappa shape index (κ2) is 32.0. The van der Waals surface area contributed by atoms with Crippen LogP contribution >= 0.6 is 0 Å². The topological polar surface area (TPSA) is 688 Å². The number of carbonyl (C=O) groups is 5. The van der Waals surface area contributed by atoms with Crippen molar-refractivity contribution in [3.63, 3.8) is 0 Å². The Morgan fingerprint density at radius 3 is 1.38 bits per heavy atom. The highest BCUT2D eigenvalue weighted by Gasteiger charge is 2.63. The standard InChI is InChI=1S/C48H79N3O39/c1-12(60)49-25-30(70)35(20(9-57)83-42(25)86-39-27(67)16(5-53)81-43(33(39)73)85-36-19(8-56)80-41(75)32(72)31(36)71)84-44-34(74)40(28(68)17(6-54)82-44)90-48(46(78)79)3-14(62)24(51-22(65)11-59)38(89-48)29(69)18(7-55)87-47(45(76)77)2-13(61)23(50-21(64)10-58)37(88-47)26(66)15(63)4-52/h13-20,23-44,52-59,61-63,66-75H,2-11H2,1H3,(H,49,60)(H,50,64)(H,51,65)(H,76,77)(H,78,79)/t13-,14-,15+,16+,17+,18+,19+,20+,23+,24+,25+,26+,27-,28-,29+,30+,31+,32+,33+,34+,35+,36+,37+,38+,39-,40-,41+,42-,43-,44-,47+,48-/m0/s1. The highest BCUT2D eigenvalue weighted by atomic mass is 16.8. The molecule has 6 aliphatic rings. The van der Waals surface area contributed by atoms with E-state index in [9.17, 15) is 141 Å². The van der Waals surface area contributed by atoms with Crippen molar-refractivity contribution in [2.75, 3.05) is 52.9 Å². The van der Waals surface area contributed by atoms with Crippen LogP contribution in [0.1, 0.15) is 19.8 Å². The van der Waals surface area contributed by atoms with E-state index in [0.717, 1.165) is 6.92 Å². The van der Waals surface area contributed by atoms with E-state index in [1.54, 1.807) is 0 Å². The number of rotatable bonds is 27. The highest BCUT2D eigenvalue weighted by molar-refractivity contribution is 5.79. The number of aliphatic carboxylic acids is 2. The Bertz CT molecular complexity index is 2360. The Hall–Kier alpha value is -3.93. The van der Waals surface area contributed by atoms with Crippen LogP contribution in [0.25, 0.3) is 0 Å². The Labute approximate surface area is 506 Å². The van der Waals surface area contributed by atoms with E-state index in [2.05, 4.69) is 5.32 Å². The van der Waals surface area contributed by atoms with E-state index >= 15 is 0 Å². The SMILES string of the molecule is CC(=O)N[C@H]1[C@H](O[C@H]2[C@@H](O)[C@@H](CO)O[C@@H](O[C@H]3[C@H](O)[C@@H](O)[C@H](O)O[C@@H]3CO)[C@@H]2O)O[C@H](CO)[C@@H](O[C@@H]2O[C@H](CO)[C@H](O)[C@H](O[C@]3(C(=O)O)C[C@H](O)[C@@H](NC(=O)CO)[C@H]([C@H](O)[C@@H](CO)O[C@]4(C(=O)O)C[C@H](O)[C@@H](NC(=O)CO)[C@H]([C@H](O)[C@H](O)CO)O4)O3)[C@H]2O)[C@@H]1O. The lowest BCUT2D eigenvalue weighted by molar-refractivity contribution is -0.391. The number of nitrogens with one attached hydrogen (secondary N) is 3. The number of aliphatic hydroxyl groups is 21. The molecule has 6 rings (SSSR count). The monoisotopic (exact) mass is 1320 g/mol. The van der Waals surface area contributed by atoms with Gasteiger partial charge in [-0.25, -0.2) is 9.59 Å². The van der Waals surface area contributed by atoms with Gasteiger partial charge < -0.3 is 186 Å². The smallest absolute Gasteiger partial charge is 0.364 e. The maximum atomic E-state index is 13.5. The van der Waals surface area contributed by atoms with Crippen molar-refractivity contribution in [2.24, 2.45) is 0 Å². The lowest BCUT2D eigenvalue weighted by atomic mass is 9.87. The summed E-state index contributed by atoms with van der Waals surface area (Å²) in [6, 6.07) is -6.04. The predicted molar refractivity (Wildman–Crippen MR) is 271 cm³/mol. The van der Waals surface area contributed by atoms with Crippen molar-refractivity contribution in [1.82, 2.24) is 16.0 Å². The number of hydrogen-bond donors (Lipinski definition) is 26. The molecular weight excluding hydrogens is 1240 g/mol. The third-order valence-corrected chi connectivity index (χ3v) is 15.8. The van der Waals surface area contributed by atoms with Crippen LogP contribution in [-0.4, -0.2) is 395 Å². The summed E-state index contributed by atoms with van der Waals surface area (Å²) >= 11 is 0. The second-order valence-corrected chi connectivity index (χ2v) is 21.9. The van der Waals surface area contributed by atoms with Gasteiger partial charge in [0.1, 0.15) is 147 Å². The minimum Gasteiger partial charge on any atom is -0.477 e. The zero-order chi connectivity index (χ0) is 67.2. The number of carboxylic acid groups (broad SMARTS) is 2. The molecule has 0 aromatic heterocycles. The van der Waals surface area contributed by atoms with Gasteiger partial charge in [-0.2, -0.15) is 0 Å². The number of amides is 3. The largest absolute Gasteiger partial charge is 0.477 e. The van der Waals surface area contributed by atoms with Crippen LogP contribution in [0, 0.1) is 0 Å². The van der Waals surface area contributed by atoms with Crippen LogP contribution < -0.4 is 16.0 Å². The summed E-state index contributed by atoms with van der Waals surface area (Å²) in [5.41, 5.74) is 0. The van der Waals surface area contributed by atoms with Gasteiger partial charge in [-0.15, -0.1) is 0 Å². The molecule has 26 N–H and O–H groups in total. The first kappa shape index (κ1) is 75.1. The summed E-state index contributed by atoms with van der Waals surface area (Å²) in [6.45, 7) is -9.04. The molecule has 90 heavy (non-hydrogen) atoms. The van der Waals surface area contributed by atoms with Crippen LogP contribution in [0.15, 0.2) is 0 Å². The van der Waals surface area contributed by atoms with E-state index in [1.165, 1.54) is 0 Å². The fourth-order valence-corrected chi connectivity index (χ4v) is 11.1. The molecule has 520 valence electrons. The van der Waals surface area contributed by atoms with E-state index in [1.807, 2.05) is 10.6 Å². The number of ether oxygens (including phenoxy) is 11. The minimum atomic E-state index is -3.56.